The van der Waals surface area contributed by atoms with Crippen LogP contribution < -0.4 is 5.32 Å². The number of hydrogen-bond acceptors (Lipinski definition) is 5. The first-order chi connectivity index (χ1) is 15.1. The molecule has 1 aliphatic rings. The summed E-state index contributed by atoms with van der Waals surface area (Å²) in [6.07, 6.45) is 0. The van der Waals surface area contributed by atoms with Crippen LogP contribution in [-0.4, -0.2) is 41.2 Å². The van der Waals surface area contributed by atoms with Gasteiger partial charge in [-0.3, -0.25) is 19.3 Å². The number of carbonyl (C=O) groups excluding carboxylic acids is 4. The summed E-state index contributed by atoms with van der Waals surface area (Å²) < 4.78 is 5.00. The molecule has 0 saturated carbocycles. The van der Waals surface area contributed by atoms with Crippen LogP contribution >= 0.6 is 46.4 Å². The number of rotatable bonds is 6. The van der Waals surface area contributed by atoms with Gasteiger partial charge in [0, 0.05) is 0 Å². The van der Waals surface area contributed by atoms with E-state index in [2.05, 4.69) is 5.32 Å². The second-order valence-electron chi connectivity index (χ2n) is 6.97. The summed E-state index contributed by atoms with van der Waals surface area (Å²) in [4.78, 5) is 50.9. The highest BCUT2D eigenvalue weighted by atomic mass is 35.5. The summed E-state index contributed by atoms with van der Waals surface area (Å²) >= 11 is 24.1. The number of benzene rings is 2. The van der Waals surface area contributed by atoms with Crippen LogP contribution in [0.2, 0.25) is 20.1 Å². The van der Waals surface area contributed by atoms with Crippen LogP contribution in [0.3, 0.4) is 0 Å². The zero-order valence-corrected chi connectivity index (χ0v) is 19.8. The Labute approximate surface area is 203 Å². The van der Waals surface area contributed by atoms with E-state index >= 15 is 0 Å². The zero-order valence-electron chi connectivity index (χ0n) is 16.7. The molecule has 7 nitrogen and oxygen atoms in total. The SMILES string of the molecule is C[C@H](NC(=O)COC(=O)[C@H](C)N1C(=O)c2c(Cl)c(Cl)c(Cl)c(Cl)c2C1=O)c1ccccc1. The quantitative estimate of drug-likeness (QED) is 0.259. The molecule has 0 unspecified atom stereocenters. The van der Waals surface area contributed by atoms with Gasteiger partial charge in [0.15, 0.2) is 6.61 Å². The molecule has 1 N–H and O–H groups in total. The highest BCUT2D eigenvalue weighted by Crippen LogP contribution is 2.45. The van der Waals surface area contributed by atoms with E-state index in [9.17, 15) is 19.2 Å². The Bertz CT molecular complexity index is 1080. The van der Waals surface area contributed by atoms with E-state index in [1.807, 2.05) is 30.3 Å². The fourth-order valence-corrected chi connectivity index (χ4v) is 4.20. The molecule has 0 bridgehead atoms. The molecular weight excluding hydrogens is 502 g/mol. The predicted octanol–water partition coefficient (Wildman–Crippen LogP) is 4.71. The number of esters is 1. The van der Waals surface area contributed by atoms with Gasteiger partial charge in [-0.2, -0.15) is 0 Å². The third kappa shape index (κ3) is 4.43. The number of carbonyl (C=O) groups is 4. The molecular formula is C21H16Cl4N2O5. The van der Waals surface area contributed by atoms with E-state index in [1.165, 1.54) is 6.92 Å². The molecule has 2 aromatic rings. The lowest BCUT2D eigenvalue weighted by Crippen LogP contribution is -2.44. The molecule has 168 valence electrons. The molecule has 3 rings (SSSR count). The van der Waals surface area contributed by atoms with Gasteiger partial charge in [-0.05, 0) is 19.4 Å². The lowest BCUT2D eigenvalue weighted by Gasteiger charge is -2.21. The molecule has 0 spiro atoms. The highest BCUT2D eigenvalue weighted by Gasteiger charge is 2.45. The van der Waals surface area contributed by atoms with E-state index in [0.717, 1.165) is 5.56 Å². The van der Waals surface area contributed by atoms with Gasteiger partial charge in [-0.15, -0.1) is 0 Å². The van der Waals surface area contributed by atoms with Crippen molar-refractivity contribution in [1.29, 1.82) is 0 Å². The molecule has 2 atom stereocenters. The number of imide groups is 1. The Kier molecular flexibility index (Phi) is 7.35. The maximum absolute atomic E-state index is 12.8. The van der Waals surface area contributed by atoms with E-state index in [-0.39, 0.29) is 37.3 Å². The van der Waals surface area contributed by atoms with Crippen molar-refractivity contribution in [2.75, 3.05) is 6.61 Å². The second-order valence-corrected chi connectivity index (χ2v) is 8.48. The van der Waals surface area contributed by atoms with Crippen molar-refractivity contribution >= 4 is 70.1 Å². The monoisotopic (exact) mass is 516 g/mol. The normalized spacial score (nSPS) is 14.8. The molecule has 32 heavy (non-hydrogen) atoms. The average Bonchev–Trinajstić information content (AvgIpc) is 3.04. The van der Waals surface area contributed by atoms with Crippen LogP contribution in [0.15, 0.2) is 30.3 Å². The van der Waals surface area contributed by atoms with Crippen LogP contribution in [0.5, 0.6) is 0 Å². The third-order valence-corrected chi connectivity index (χ3v) is 6.69. The second kappa shape index (κ2) is 9.67. The topological polar surface area (TPSA) is 92.8 Å². The van der Waals surface area contributed by atoms with Gasteiger partial charge in [0.2, 0.25) is 0 Å². The van der Waals surface area contributed by atoms with Crippen LogP contribution in [0.1, 0.15) is 46.2 Å². The van der Waals surface area contributed by atoms with Gasteiger partial charge in [0.1, 0.15) is 6.04 Å². The minimum absolute atomic E-state index is 0.181. The van der Waals surface area contributed by atoms with Crippen molar-refractivity contribution in [2.45, 2.75) is 25.9 Å². The Morgan fingerprint density at radius 3 is 1.91 bits per heavy atom. The van der Waals surface area contributed by atoms with Crippen LogP contribution in [0.25, 0.3) is 0 Å². The van der Waals surface area contributed by atoms with Crippen molar-refractivity contribution in [3.05, 3.63) is 67.1 Å². The van der Waals surface area contributed by atoms with E-state index < -0.39 is 36.3 Å². The third-order valence-electron chi connectivity index (χ3n) is 4.88. The molecule has 11 heteroatoms. The highest BCUT2D eigenvalue weighted by molar-refractivity contribution is 6.55. The van der Waals surface area contributed by atoms with Gasteiger partial charge < -0.3 is 10.1 Å². The summed E-state index contributed by atoms with van der Waals surface area (Å²) in [6, 6.07) is 7.54. The standard InChI is InChI=1S/C21H16Cl4N2O5/c1-9(11-6-4-3-5-7-11)26-12(28)8-32-21(31)10(2)27-19(29)13-14(20(27)30)16(23)18(25)17(24)15(13)22/h3-7,9-10H,8H2,1-2H3,(H,26,28)/t9-,10-/m0/s1. The van der Waals surface area contributed by atoms with Crippen molar-refractivity contribution in [3.8, 4) is 0 Å². The lowest BCUT2D eigenvalue weighted by atomic mass is 10.1. The Morgan fingerprint density at radius 2 is 1.41 bits per heavy atom. The maximum atomic E-state index is 12.8. The van der Waals surface area contributed by atoms with E-state index in [1.54, 1.807) is 6.92 Å². The molecule has 0 aromatic heterocycles. The van der Waals surface area contributed by atoms with Crippen molar-refractivity contribution in [2.24, 2.45) is 0 Å². The van der Waals surface area contributed by atoms with Crippen molar-refractivity contribution in [1.82, 2.24) is 10.2 Å². The number of ether oxygens (including phenoxy) is 1. The molecule has 3 amide bonds. The van der Waals surface area contributed by atoms with Crippen LogP contribution in [0.4, 0.5) is 0 Å². The van der Waals surface area contributed by atoms with E-state index in [4.69, 9.17) is 51.1 Å². The molecule has 2 aromatic carbocycles. The average molecular weight is 518 g/mol. The van der Waals surface area contributed by atoms with E-state index in [0.29, 0.717) is 4.90 Å². The predicted molar refractivity (Wildman–Crippen MR) is 120 cm³/mol. The van der Waals surface area contributed by atoms with Crippen LogP contribution in [-0.2, 0) is 14.3 Å². The largest absolute Gasteiger partial charge is 0.454 e. The molecule has 0 saturated heterocycles. The van der Waals surface area contributed by atoms with Gasteiger partial charge in [-0.1, -0.05) is 76.7 Å². The summed E-state index contributed by atoms with van der Waals surface area (Å²) in [5, 5.41) is 1.84. The smallest absolute Gasteiger partial charge is 0.329 e. The summed E-state index contributed by atoms with van der Waals surface area (Å²) in [7, 11) is 0. The van der Waals surface area contributed by atoms with Crippen molar-refractivity contribution in [3.63, 3.8) is 0 Å². The molecule has 0 radical (unpaired) electrons. The van der Waals surface area contributed by atoms with Gasteiger partial charge in [0.25, 0.3) is 17.7 Å². The minimum Gasteiger partial charge on any atom is -0.454 e. The summed E-state index contributed by atoms with van der Waals surface area (Å²) in [5.74, 6) is -3.26. The Hall–Kier alpha value is -2.32. The van der Waals surface area contributed by atoms with Crippen LogP contribution in [0, 0.1) is 0 Å². The molecule has 1 aliphatic heterocycles. The number of nitrogens with one attached hydrogen (secondary N) is 1. The van der Waals surface area contributed by atoms with Crippen molar-refractivity contribution < 1.29 is 23.9 Å². The Morgan fingerprint density at radius 1 is 0.906 bits per heavy atom. The first kappa shape index (κ1) is 24.3. The first-order valence-electron chi connectivity index (χ1n) is 9.31. The number of amides is 3. The number of fused-ring (bicyclic) bond motifs is 1. The van der Waals surface area contributed by atoms with Gasteiger partial charge in [-0.25, -0.2) is 4.79 Å². The van der Waals surface area contributed by atoms with Gasteiger partial charge >= 0.3 is 5.97 Å². The molecule has 1 heterocycles. The number of nitrogens with zero attached hydrogens (tertiary/aromatic N) is 1. The number of halogens is 4. The number of hydrogen-bond donors (Lipinski definition) is 1. The fraction of sp³-hybridized carbons (Fsp3) is 0.238. The fourth-order valence-electron chi connectivity index (χ4n) is 3.19. The first-order valence-corrected chi connectivity index (χ1v) is 10.8. The lowest BCUT2D eigenvalue weighted by molar-refractivity contribution is -0.152. The summed E-state index contributed by atoms with van der Waals surface area (Å²) in [6.45, 7) is 2.46. The zero-order chi connectivity index (χ0) is 23.7. The minimum atomic E-state index is -1.36. The molecule has 0 fully saturated rings. The summed E-state index contributed by atoms with van der Waals surface area (Å²) in [5.41, 5.74) is 0.382. The Balaban J connectivity index is 1.68. The van der Waals surface area contributed by atoms with Gasteiger partial charge in [0.05, 0.1) is 37.3 Å². The maximum Gasteiger partial charge on any atom is 0.329 e. The molecule has 0 aliphatic carbocycles.